The molecule has 3 N–H and O–H groups in total. The van der Waals surface area contributed by atoms with Crippen LogP contribution in [0.1, 0.15) is 52.0 Å². The van der Waals surface area contributed by atoms with Gasteiger partial charge in [-0.3, -0.25) is 11.3 Å². The Hall–Kier alpha value is -0.860. The minimum absolute atomic E-state index is 0.456. The fraction of sp³-hybridized carbons (Fsp3) is 0.647. The second-order valence-electron chi connectivity index (χ2n) is 6.21. The average Bonchev–Trinajstić information content (AvgIpc) is 2.38. The first-order chi connectivity index (χ1) is 9.11. The van der Waals surface area contributed by atoms with E-state index in [4.69, 9.17) is 5.84 Å². The number of nitrogens with two attached hydrogens (primary N) is 1. The summed E-state index contributed by atoms with van der Waals surface area (Å²) in [7, 11) is 0. The van der Waals surface area contributed by atoms with Crippen LogP contribution in [-0.4, -0.2) is 6.04 Å². The summed E-state index contributed by atoms with van der Waals surface area (Å²) in [5.41, 5.74) is 4.42. The monoisotopic (exact) mass is 262 g/mol. The summed E-state index contributed by atoms with van der Waals surface area (Å²) in [4.78, 5) is 0. The fourth-order valence-electron chi connectivity index (χ4n) is 2.85. The molecular weight excluding hydrogens is 232 g/mol. The Bertz CT molecular complexity index is 321. The molecule has 1 aromatic carbocycles. The molecule has 0 amide bonds. The zero-order valence-electron chi connectivity index (χ0n) is 12.7. The highest BCUT2D eigenvalue weighted by Crippen LogP contribution is 2.18. The number of hydrogen-bond donors (Lipinski definition) is 2. The van der Waals surface area contributed by atoms with E-state index in [0.29, 0.717) is 6.04 Å². The van der Waals surface area contributed by atoms with E-state index < -0.39 is 0 Å². The van der Waals surface area contributed by atoms with E-state index in [1.54, 1.807) is 0 Å². The van der Waals surface area contributed by atoms with Gasteiger partial charge in [-0.1, -0.05) is 51.1 Å². The third kappa shape index (κ3) is 7.34. The van der Waals surface area contributed by atoms with E-state index in [1.807, 2.05) is 0 Å². The van der Waals surface area contributed by atoms with Crippen molar-refractivity contribution in [1.29, 1.82) is 0 Å². The molecule has 1 aromatic rings. The first-order valence-electron chi connectivity index (χ1n) is 7.61. The first kappa shape index (κ1) is 16.2. The lowest BCUT2D eigenvalue weighted by molar-refractivity contribution is 0.339. The van der Waals surface area contributed by atoms with Gasteiger partial charge in [0.15, 0.2) is 0 Å². The summed E-state index contributed by atoms with van der Waals surface area (Å²) >= 11 is 0. The lowest BCUT2D eigenvalue weighted by atomic mass is 9.91. The molecule has 0 aliphatic rings. The molecule has 1 rings (SSSR count). The van der Waals surface area contributed by atoms with Crippen molar-refractivity contribution < 1.29 is 0 Å². The van der Waals surface area contributed by atoms with Gasteiger partial charge in [-0.15, -0.1) is 0 Å². The average molecular weight is 262 g/mol. The van der Waals surface area contributed by atoms with Crippen molar-refractivity contribution in [3.05, 3.63) is 35.9 Å². The molecule has 0 saturated heterocycles. The zero-order valence-corrected chi connectivity index (χ0v) is 12.7. The van der Waals surface area contributed by atoms with Crippen LogP contribution in [-0.2, 0) is 6.42 Å². The highest BCUT2D eigenvalue weighted by atomic mass is 15.2. The Morgan fingerprint density at radius 2 is 1.74 bits per heavy atom. The van der Waals surface area contributed by atoms with Crippen LogP contribution < -0.4 is 11.3 Å². The Kier molecular flexibility index (Phi) is 7.76. The van der Waals surface area contributed by atoms with Crippen LogP contribution in [0.3, 0.4) is 0 Å². The third-order valence-corrected chi connectivity index (χ3v) is 3.66. The Morgan fingerprint density at radius 3 is 2.32 bits per heavy atom. The summed E-state index contributed by atoms with van der Waals surface area (Å²) in [6.45, 7) is 6.91. The van der Waals surface area contributed by atoms with Crippen molar-refractivity contribution in [1.82, 2.24) is 5.43 Å². The van der Waals surface area contributed by atoms with Gasteiger partial charge < -0.3 is 0 Å². The van der Waals surface area contributed by atoms with Crippen LogP contribution in [0, 0.1) is 11.8 Å². The molecule has 0 saturated carbocycles. The molecule has 2 atom stereocenters. The summed E-state index contributed by atoms with van der Waals surface area (Å²) in [5.74, 6) is 7.20. The molecule has 0 aromatic heterocycles. The van der Waals surface area contributed by atoms with Crippen molar-refractivity contribution in [3.63, 3.8) is 0 Å². The Morgan fingerprint density at radius 1 is 1.05 bits per heavy atom. The van der Waals surface area contributed by atoms with Crippen LogP contribution in [0.2, 0.25) is 0 Å². The summed E-state index contributed by atoms with van der Waals surface area (Å²) in [6, 6.07) is 11.1. The van der Waals surface area contributed by atoms with Gasteiger partial charge in [0, 0.05) is 6.04 Å². The molecule has 0 bridgehead atoms. The van der Waals surface area contributed by atoms with Gasteiger partial charge in [0.2, 0.25) is 0 Å². The van der Waals surface area contributed by atoms with E-state index in [0.717, 1.165) is 24.7 Å². The number of nitrogens with one attached hydrogen (secondary N) is 1. The minimum Gasteiger partial charge on any atom is -0.271 e. The fourth-order valence-corrected chi connectivity index (χ4v) is 2.85. The van der Waals surface area contributed by atoms with Crippen molar-refractivity contribution in [2.24, 2.45) is 17.7 Å². The van der Waals surface area contributed by atoms with Crippen LogP contribution >= 0.6 is 0 Å². The first-order valence-corrected chi connectivity index (χ1v) is 7.61. The van der Waals surface area contributed by atoms with E-state index in [1.165, 1.54) is 24.8 Å². The molecule has 2 nitrogen and oxygen atoms in total. The van der Waals surface area contributed by atoms with E-state index in [-0.39, 0.29) is 0 Å². The molecule has 0 aliphatic carbocycles. The number of hydrogen-bond acceptors (Lipinski definition) is 2. The molecule has 0 aliphatic heterocycles. The van der Waals surface area contributed by atoms with E-state index >= 15 is 0 Å². The predicted octanol–water partition coefficient (Wildman–Crippen LogP) is 3.91. The van der Waals surface area contributed by atoms with Gasteiger partial charge in [0.1, 0.15) is 0 Å². The number of benzene rings is 1. The molecular formula is C17H30N2. The quantitative estimate of drug-likeness (QED) is 0.523. The number of hydrazine groups is 1. The van der Waals surface area contributed by atoms with Crippen LogP contribution in [0.4, 0.5) is 0 Å². The molecule has 19 heavy (non-hydrogen) atoms. The van der Waals surface area contributed by atoms with Crippen LogP contribution in [0.15, 0.2) is 30.3 Å². The maximum Gasteiger partial charge on any atom is 0.0213 e. The second kappa shape index (κ2) is 9.11. The smallest absolute Gasteiger partial charge is 0.0213 e. The lowest BCUT2D eigenvalue weighted by Gasteiger charge is -2.21. The maximum absolute atomic E-state index is 5.68. The predicted molar refractivity (Wildman–Crippen MR) is 83.7 cm³/mol. The SMILES string of the molecule is CC(C)CC(C)CC(CCCc1ccccc1)NN. The molecule has 0 radical (unpaired) electrons. The lowest BCUT2D eigenvalue weighted by Crippen LogP contribution is -2.36. The highest BCUT2D eigenvalue weighted by molar-refractivity contribution is 5.14. The Labute approximate surface area is 118 Å². The largest absolute Gasteiger partial charge is 0.271 e. The van der Waals surface area contributed by atoms with Crippen molar-refractivity contribution in [2.45, 2.75) is 58.9 Å². The van der Waals surface area contributed by atoms with Gasteiger partial charge in [-0.05, 0) is 49.5 Å². The van der Waals surface area contributed by atoms with E-state index in [2.05, 4.69) is 56.5 Å². The van der Waals surface area contributed by atoms with Crippen molar-refractivity contribution >= 4 is 0 Å². The van der Waals surface area contributed by atoms with Gasteiger partial charge in [0.25, 0.3) is 0 Å². The topological polar surface area (TPSA) is 38.0 Å². The standard InChI is InChI=1S/C17H30N2/c1-14(2)12-15(3)13-17(19-18)11-7-10-16-8-5-4-6-9-16/h4-6,8-9,14-15,17,19H,7,10-13,18H2,1-3H3. The molecule has 0 spiro atoms. The maximum atomic E-state index is 5.68. The Balaban J connectivity index is 2.25. The normalized spacial score (nSPS) is 14.6. The number of aryl methyl sites for hydroxylation is 1. The van der Waals surface area contributed by atoms with Gasteiger partial charge >= 0.3 is 0 Å². The third-order valence-electron chi connectivity index (χ3n) is 3.66. The van der Waals surface area contributed by atoms with Crippen molar-refractivity contribution in [2.75, 3.05) is 0 Å². The molecule has 0 heterocycles. The number of rotatable bonds is 9. The zero-order chi connectivity index (χ0) is 14.1. The highest BCUT2D eigenvalue weighted by Gasteiger charge is 2.12. The van der Waals surface area contributed by atoms with Crippen LogP contribution in [0.25, 0.3) is 0 Å². The molecule has 2 heteroatoms. The summed E-state index contributed by atoms with van der Waals surface area (Å²) in [6.07, 6.45) is 5.99. The molecule has 108 valence electrons. The minimum atomic E-state index is 0.456. The van der Waals surface area contributed by atoms with Crippen LogP contribution in [0.5, 0.6) is 0 Å². The van der Waals surface area contributed by atoms with Gasteiger partial charge in [-0.2, -0.15) is 0 Å². The van der Waals surface area contributed by atoms with E-state index in [9.17, 15) is 0 Å². The summed E-state index contributed by atoms with van der Waals surface area (Å²) < 4.78 is 0. The second-order valence-corrected chi connectivity index (χ2v) is 6.21. The van der Waals surface area contributed by atoms with Crippen molar-refractivity contribution in [3.8, 4) is 0 Å². The van der Waals surface area contributed by atoms with Gasteiger partial charge in [-0.25, -0.2) is 0 Å². The molecule has 0 fully saturated rings. The van der Waals surface area contributed by atoms with Gasteiger partial charge in [0.05, 0.1) is 0 Å². The summed E-state index contributed by atoms with van der Waals surface area (Å²) in [5, 5.41) is 0. The molecule has 2 unspecified atom stereocenters.